The first-order valence-electron chi connectivity index (χ1n) is 4.79. The highest BCUT2D eigenvalue weighted by molar-refractivity contribution is 5.98. The average molecular weight is 206 g/mol. The Labute approximate surface area is 88.7 Å². The molecule has 0 bridgehead atoms. The van der Waals surface area contributed by atoms with Crippen LogP contribution in [0.4, 0.5) is 10.5 Å². The van der Waals surface area contributed by atoms with Gasteiger partial charge in [0.1, 0.15) is 0 Å². The van der Waals surface area contributed by atoms with Crippen LogP contribution in [0, 0.1) is 0 Å². The van der Waals surface area contributed by atoms with Gasteiger partial charge in [-0.05, 0) is 12.1 Å². The lowest BCUT2D eigenvalue weighted by atomic mass is 10.1. The largest absolute Gasteiger partial charge is 0.341 e. The molecule has 0 spiro atoms. The Bertz CT molecular complexity index is 375. The number of carbonyl (C=O) groups is 2. The third-order valence-electron chi connectivity index (χ3n) is 1.99. The predicted octanol–water partition coefficient (Wildman–Crippen LogP) is 2.03. The maximum absolute atomic E-state index is 11.4. The molecule has 0 aliphatic rings. The highest BCUT2D eigenvalue weighted by atomic mass is 16.2. The van der Waals surface area contributed by atoms with Gasteiger partial charge in [0.15, 0.2) is 5.78 Å². The maximum Gasteiger partial charge on any atom is 0.318 e. The van der Waals surface area contributed by atoms with Crippen molar-refractivity contribution in [3.8, 4) is 0 Å². The first-order chi connectivity index (χ1) is 7.17. The third kappa shape index (κ3) is 3.09. The summed E-state index contributed by atoms with van der Waals surface area (Å²) in [4.78, 5) is 22.4. The van der Waals surface area contributed by atoms with E-state index in [0.717, 1.165) is 0 Å². The molecule has 1 rings (SSSR count). The Morgan fingerprint density at radius 2 is 2.07 bits per heavy atom. The van der Waals surface area contributed by atoms with Crippen molar-refractivity contribution in [1.82, 2.24) is 5.32 Å². The zero-order valence-electron chi connectivity index (χ0n) is 8.83. The molecule has 1 aromatic rings. The molecule has 0 saturated carbocycles. The fraction of sp³-hybridized carbons (Fsp3) is 0.273. The maximum atomic E-state index is 11.4. The van der Waals surface area contributed by atoms with Crippen LogP contribution in [-0.2, 0) is 0 Å². The van der Waals surface area contributed by atoms with Crippen LogP contribution < -0.4 is 10.6 Å². The zero-order chi connectivity index (χ0) is 11.3. The molecule has 2 N–H and O–H groups in total. The van der Waals surface area contributed by atoms with Gasteiger partial charge in [0.25, 0.3) is 0 Å². The van der Waals surface area contributed by atoms with Crippen LogP contribution in [0.2, 0.25) is 0 Å². The van der Waals surface area contributed by atoms with E-state index in [0.29, 0.717) is 17.7 Å². The number of anilines is 1. The Balaban J connectivity index is 2.83. The van der Waals surface area contributed by atoms with Gasteiger partial charge < -0.3 is 10.6 Å². The van der Waals surface area contributed by atoms with Crippen LogP contribution in [0.25, 0.3) is 0 Å². The summed E-state index contributed by atoms with van der Waals surface area (Å²) in [6, 6.07) is 6.59. The summed E-state index contributed by atoms with van der Waals surface area (Å²) in [6.45, 7) is 1.81. The van der Waals surface area contributed by atoms with E-state index in [-0.39, 0.29) is 11.8 Å². The van der Waals surface area contributed by atoms with Gasteiger partial charge in [-0.1, -0.05) is 19.1 Å². The molecule has 0 aliphatic carbocycles. The summed E-state index contributed by atoms with van der Waals surface area (Å²) in [7, 11) is 1.54. The molecule has 0 heterocycles. The standard InChI is InChI=1S/C11H14N2O2/c1-3-10(14)8-5-4-6-9(7-8)13-11(15)12-2/h4-7H,3H2,1-2H3,(H2,12,13,15). The first kappa shape index (κ1) is 11.2. The van der Waals surface area contributed by atoms with Gasteiger partial charge in [0.2, 0.25) is 0 Å². The van der Waals surface area contributed by atoms with E-state index in [2.05, 4.69) is 10.6 Å². The number of nitrogens with one attached hydrogen (secondary N) is 2. The van der Waals surface area contributed by atoms with E-state index in [4.69, 9.17) is 0 Å². The van der Waals surface area contributed by atoms with Crippen LogP contribution in [-0.4, -0.2) is 18.9 Å². The molecule has 4 heteroatoms. The van der Waals surface area contributed by atoms with E-state index in [1.54, 1.807) is 31.2 Å². The quantitative estimate of drug-likeness (QED) is 0.743. The van der Waals surface area contributed by atoms with Crippen molar-refractivity contribution >= 4 is 17.5 Å². The second-order valence-electron chi connectivity index (χ2n) is 3.06. The van der Waals surface area contributed by atoms with Gasteiger partial charge in [-0.25, -0.2) is 4.79 Å². The van der Waals surface area contributed by atoms with Crippen LogP contribution in [0.5, 0.6) is 0 Å². The van der Waals surface area contributed by atoms with Crippen molar-refractivity contribution in [2.75, 3.05) is 12.4 Å². The summed E-state index contributed by atoms with van der Waals surface area (Å²) >= 11 is 0. The number of benzene rings is 1. The lowest BCUT2D eigenvalue weighted by molar-refractivity contribution is 0.0988. The Kier molecular flexibility index (Phi) is 3.85. The fourth-order valence-corrected chi connectivity index (χ4v) is 1.17. The molecule has 1 aromatic carbocycles. The van der Waals surface area contributed by atoms with Crippen molar-refractivity contribution < 1.29 is 9.59 Å². The minimum absolute atomic E-state index is 0.0653. The number of Topliss-reactive ketones (excluding diaryl/α,β-unsaturated/α-hetero) is 1. The first-order valence-corrected chi connectivity index (χ1v) is 4.79. The molecular formula is C11H14N2O2. The summed E-state index contributed by atoms with van der Waals surface area (Å²) in [5.74, 6) is 0.0653. The van der Waals surface area contributed by atoms with E-state index in [1.165, 1.54) is 7.05 Å². The topological polar surface area (TPSA) is 58.2 Å². The molecule has 0 fully saturated rings. The Morgan fingerprint density at radius 3 is 2.67 bits per heavy atom. The summed E-state index contributed by atoms with van der Waals surface area (Å²) in [6.07, 6.45) is 0.462. The lowest BCUT2D eigenvalue weighted by Crippen LogP contribution is -2.24. The molecule has 15 heavy (non-hydrogen) atoms. The van der Waals surface area contributed by atoms with Crippen LogP contribution in [0.3, 0.4) is 0 Å². The number of rotatable bonds is 3. The van der Waals surface area contributed by atoms with Gasteiger partial charge in [0, 0.05) is 24.7 Å². The average Bonchev–Trinajstić information content (AvgIpc) is 2.28. The number of ketones is 1. The summed E-state index contributed by atoms with van der Waals surface area (Å²) in [5, 5.41) is 5.05. The number of urea groups is 1. The van der Waals surface area contributed by atoms with Crippen LogP contribution in [0.1, 0.15) is 23.7 Å². The fourth-order valence-electron chi connectivity index (χ4n) is 1.17. The molecule has 4 nitrogen and oxygen atoms in total. The lowest BCUT2D eigenvalue weighted by Gasteiger charge is -2.05. The summed E-state index contributed by atoms with van der Waals surface area (Å²) < 4.78 is 0. The van der Waals surface area contributed by atoms with Gasteiger partial charge in [-0.3, -0.25) is 4.79 Å². The molecule has 0 atom stereocenters. The molecule has 0 aromatic heterocycles. The number of hydrogen-bond donors (Lipinski definition) is 2. The van der Waals surface area contributed by atoms with Crippen molar-refractivity contribution in [3.63, 3.8) is 0 Å². The van der Waals surface area contributed by atoms with E-state index in [1.807, 2.05) is 0 Å². The van der Waals surface area contributed by atoms with Gasteiger partial charge in [-0.15, -0.1) is 0 Å². The highest BCUT2D eigenvalue weighted by Crippen LogP contribution is 2.12. The Hall–Kier alpha value is -1.84. The molecular weight excluding hydrogens is 192 g/mol. The van der Waals surface area contributed by atoms with Crippen molar-refractivity contribution in [1.29, 1.82) is 0 Å². The number of carbonyl (C=O) groups excluding carboxylic acids is 2. The molecule has 0 aliphatic heterocycles. The van der Waals surface area contributed by atoms with Crippen LogP contribution >= 0.6 is 0 Å². The van der Waals surface area contributed by atoms with Crippen molar-refractivity contribution in [3.05, 3.63) is 29.8 Å². The van der Waals surface area contributed by atoms with Crippen molar-refractivity contribution in [2.24, 2.45) is 0 Å². The van der Waals surface area contributed by atoms with E-state index < -0.39 is 0 Å². The molecule has 2 amide bonds. The third-order valence-corrected chi connectivity index (χ3v) is 1.99. The smallest absolute Gasteiger partial charge is 0.318 e. The second kappa shape index (κ2) is 5.14. The van der Waals surface area contributed by atoms with Gasteiger partial charge in [0.05, 0.1) is 0 Å². The van der Waals surface area contributed by atoms with Crippen LogP contribution in [0.15, 0.2) is 24.3 Å². The molecule has 0 unspecified atom stereocenters. The highest BCUT2D eigenvalue weighted by Gasteiger charge is 2.04. The monoisotopic (exact) mass is 206 g/mol. The molecule has 0 radical (unpaired) electrons. The van der Waals surface area contributed by atoms with E-state index >= 15 is 0 Å². The van der Waals surface area contributed by atoms with E-state index in [9.17, 15) is 9.59 Å². The summed E-state index contributed by atoms with van der Waals surface area (Å²) in [5.41, 5.74) is 1.24. The molecule has 80 valence electrons. The minimum Gasteiger partial charge on any atom is -0.341 e. The molecule has 0 saturated heterocycles. The van der Waals surface area contributed by atoms with Gasteiger partial charge >= 0.3 is 6.03 Å². The van der Waals surface area contributed by atoms with Gasteiger partial charge in [-0.2, -0.15) is 0 Å². The predicted molar refractivity (Wildman–Crippen MR) is 59.1 cm³/mol. The number of hydrogen-bond acceptors (Lipinski definition) is 2. The Morgan fingerprint density at radius 1 is 1.33 bits per heavy atom. The minimum atomic E-state index is -0.295. The van der Waals surface area contributed by atoms with Crippen molar-refractivity contribution in [2.45, 2.75) is 13.3 Å². The SMILES string of the molecule is CCC(=O)c1cccc(NC(=O)NC)c1. The second-order valence-corrected chi connectivity index (χ2v) is 3.06. The zero-order valence-corrected chi connectivity index (χ0v) is 8.83. The number of amides is 2. The normalized spacial score (nSPS) is 9.47.